The topological polar surface area (TPSA) is 184 Å². The van der Waals surface area contributed by atoms with Crippen molar-refractivity contribution >= 4 is 25.7 Å². The summed E-state index contributed by atoms with van der Waals surface area (Å²) >= 11 is 0. The monoisotopic (exact) mass is 821 g/mol. The van der Waals surface area contributed by atoms with Gasteiger partial charge in [-0.2, -0.15) is 0 Å². The van der Waals surface area contributed by atoms with Gasteiger partial charge in [-0.1, -0.05) is 112 Å². The number of rotatable bonds is 37. The van der Waals surface area contributed by atoms with Gasteiger partial charge >= 0.3 is 25.7 Å². The second kappa shape index (κ2) is 34.9. The molecule has 0 spiro atoms. The van der Waals surface area contributed by atoms with Gasteiger partial charge in [0.15, 0.2) is 6.10 Å². The molecule has 1 fully saturated rings. The number of hydrogen-bond acceptors (Lipinski definition) is 10. The molecule has 0 aliphatic carbocycles. The highest BCUT2D eigenvalue weighted by Crippen LogP contribution is 2.43. The molecule has 13 heteroatoms. The van der Waals surface area contributed by atoms with Gasteiger partial charge in [-0.05, 0) is 89.9 Å². The zero-order valence-corrected chi connectivity index (χ0v) is 35.5. The van der Waals surface area contributed by atoms with Crippen LogP contribution in [0.3, 0.4) is 0 Å². The van der Waals surface area contributed by atoms with Crippen LogP contribution >= 0.6 is 7.82 Å². The lowest BCUT2D eigenvalue weighted by Crippen LogP contribution is -2.34. The lowest BCUT2D eigenvalue weighted by Gasteiger charge is -2.20. The van der Waals surface area contributed by atoms with Crippen molar-refractivity contribution in [3.63, 3.8) is 0 Å². The first-order chi connectivity index (χ1) is 27.6. The molecule has 1 saturated heterocycles. The Morgan fingerprint density at radius 2 is 1.09 bits per heavy atom. The summed E-state index contributed by atoms with van der Waals surface area (Å²) in [5.41, 5.74) is 5.32. The first kappa shape index (κ1) is 51.9. The average Bonchev–Trinajstić information content (AvgIpc) is 3.94. The normalized spacial score (nSPS) is 18.0. The fourth-order valence-corrected chi connectivity index (χ4v) is 6.12. The molecule has 0 aromatic carbocycles. The van der Waals surface area contributed by atoms with E-state index in [9.17, 15) is 23.8 Å². The number of carbonyl (C=O) groups is 3. The molecule has 1 aliphatic rings. The van der Waals surface area contributed by atoms with Crippen molar-refractivity contribution in [1.29, 1.82) is 0 Å². The predicted octanol–water partition coefficient (Wildman–Crippen LogP) is 9.93. The van der Waals surface area contributed by atoms with Crippen LogP contribution in [0.25, 0.3) is 0 Å². The number of hydrogen-bond donors (Lipinski definition) is 3. The third kappa shape index (κ3) is 32.5. The number of nitrogens with two attached hydrogens (primary N) is 1. The second-order valence-electron chi connectivity index (χ2n) is 14.1. The molecule has 0 aromatic heterocycles. The molecular weight excluding hydrogens is 749 g/mol. The van der Waals surface area contributed by atoms with E-state index < -0.39 is 57.7 Å². The summed E-state index contributed by atoms with van der Waals surface area (Å²) < 4.78 is 38.3. The van der Waals surface area contributed by atoms with Gasteiger partial charge in [-0.15, -0.1) is 0 Å². The number of phosphoric ester groups is 1. The lowest BCUT2D eigenvalue weighted by molar-refractivity contribution is -0.161. The summed E-state index contributed by atoms with van der Waals surface area (Å²) in [6.45, 7) is 2.61. The summed E-state index contributed by atoms with van der Waals surface area (Å²) in [4.78, 5) is 45.9. The molecule has 3 unspecified atom stereocenters. The van der Waals surface area contributed by atoms with E-state index in [0.29, 0.717) is 19.3 Å². The zero-order chi connectivity index (χ0) is 41.8. The molecule has 1 heterocycles. The van der Waals surface area contributed by atoms with Gasteiger partial charge in [0.25, 0.3) is 0 Å². The summed E-state index contributed by atoms with van der Waals surface area (Å²) in [6.07, 6.45) is 42.9. The van der Waals surface area contributed by atoms with Crippen LogP contribution in [0.4, 0.5) is 0 Å². The number of unbranched alkanes of at least 4 members (excludes halogenated alkanes) is 9. The van der Waals surface area contributed by atoms with Crippen LogP contribution in [0, 0.1) is 0 Å². The van der Waals surface area contributed by atoms with Gasteiger partial charge in [-0.3, -0.25) is 23.4 Å². The number of carboxylic acids is 1. The summed E-state index contributed by atoms with van der Waals surface area (Å²) in [6, 6.07) is -1.54. The van der Waals surface area contributed by atoms with Crippen molar-refractivity contribution in [2.75, 3.05) is 19.8 Å². The molecule has 1 rings (SSSR count). The Balaban J connectivity index is 2.39. The summed E-state index contributed by atoms with van der Waals surface area (Å²) in [7, 11) is -4.75. The molecule has 0 aromatic rings. The molecule has 12 nitrogen and oxygen atoms in total. The van der Waals surface area contributed by atoms with E-state index >= 15 is 0 Å². The van der Waals surface area contributed by atoms with Crippen molar-refractivity contribution in [1.82, 2.24) is 0 Å². The van der Waals surface area contributed by atoms with Crippen molar-refractivity contribution in [3.05, 3.63) is 72.9 Å². The molecule has 4 N–H and O–H groups in total. The third-order valence-electron chi connectivity index (χ3n) is 8.83. The number of esters is 2. The van der Waals surface area contributed by atoms with Crippen molar-refractivity contribution in [2.24, 2.45) is 5.73 Å². The summed E-state index contributed by atoms with van der Waals surface area (Å²) in [5, 5.41) is 8.89. The average molecular weight is 822 g/mol. The van der Waals surface area contributed by atoms with Crippen LogP contribution in [0.1, 0.15) is 142 Å². The fraction of sp³-hybridized carbons (Fsp3) is 0.659. The number of ether oxygens (including phenoxy) is 3. The SMILES string of the molecule is CCCCC/C=C\C/C=C\C/C=C\CCCCC(=O)OC[C@H](COP(=O)(O)OC[C@H](N)C(=O)O)OC(=O)CCC/C=C\CC1OC1C/C=C\C/C=C\CCCCC. The molecule has 0 saturated carbocycles. The highest BCUT2D eigenvalue weighted by molar-refractivity contribution is 7.47. The Hall–Kier alpha value is -3.12. The molecule has 0 bridgehead atoms. The van der Waals surface area contributed by atoms with E-state index in [4.69, 9.17) is 29.6 Å². The van der Waals surface area contributed by atoms with Gasteiger partial charge in [0.1, 0.15) is 12.6 Å². The van der Waals surface area contributed by atoms with Gasteiger partial charge < -0.3 is 29.9 Å². The van der Waals surface area contributed by atoms with Crippen LogP contribution in [-0.2, 0) is 42.2 Å². The van der Waals surface area contributed by atoms with Crippen LogP contribution in [-0.4, -0.2) is 72.1 Å². The van der Waals surface area contributed by atoms with E-state index in [1.54, 1.807) is 0 Å². The first-order valence-electron chi connectivity index (χ1n) is 21.1. The molecule has 0 radical (unpaired) electrons. The first-order valence-corrected chi connectivity index (χ1v) is 22.6. The minimum Gasteiger partial charge on any atom is -0.480 e. The number of carbonyl (C=O) groups excluding carboxylic acids is 2. The minimum absolute atomic E-state index is 0.0649. The van der Waals surface area contributed by atoms with E-state index in [2.05, 4.69) is 79.1 Å². The molecule has 324 valence electrons. The van der Waals surface area contributed by atoms with Gasteiger partial charge in [-0.25, -0.2) is 4.57 Å². The van der Waals surface area contributed by atoms with Crippen molar-refractivity contribution < 1.29 is 52.2 Å². The van der Waals surface area contributed by atoms with Crippen molar-refractivity contribution in [3.8, 4) is 0 Å². The van der Waals surface area contributed by atoms with E-state index in [1.165, 1.54) is 38.5 Å². The van der Waals surface area contributed by atoms with Crippen LogP contribution in [0.5, 0.6) is 0 Å². The molecule has 5 atom stereocenters. The summed E-state index contributed by atoms with van der Waals surface area (Å²) in [5.74, 6) is -2.52. The standard InChI is InChI=1S/C44H72NO11P/c1-3-5-7-9-11-13-14-15-16-17-18-20-22-24-29-33-42(46)52-35-38(36-53-57(50,51)54-37-39(45)44(48)49)55-43(47)34-30-26-25-28-32-41-40(56-41)31-27-23-21-19-12-10-8-6-4-2/h11-13,15-16,18-20,23,25,27-28,38-41H,3-10,14,17,21-22,24,26,29-37,45H2,1-2H3,(H,48,49)(H,50,51)/b13-11-,16-15-,19-12-,20-18-,27-23-,28-25-/t38-,39+,40?,41?/m1/s1. The number of allylic oxidation sites excluding steroid dienone is 10. The number of carboxylic acid groups (broad SMARTS) is 1. The van der Waals surface area contributed by atoms with Gasteiger partial charge in [0.05, 0.1) is 25.4 Å². The maximum absolute atomic E-state index is 12.6. The molecule has 1 aliphatic heterocycles. The Kier molecular flexibility index (Phi) is 31.8. The number of epoxide rings is 1. The van der Waals surface area contributed by atoms with Gasteiger partial charge in [0, 0.05) is 12.8 Å². The molecule has 0 amide bonds. The third-order valence-corrected chi connectivity index (χ3v) is 9.78. The maximum Gasteiger partial charge on any atom is 0.472 e. The second-order valence-corrected chi connectivity index (χ2v) is 15.6. The Bertz CT molecular complexity index is 1310. The van der Waals surface area contributed by atoms with E-state index in [0.717, 1.165) is 57.8 Å². The van der Waals surface area contributed by atoms with Crippen LogP contribution < -0.4 is 5.73 Å². The Labute approximate surface area is 342 Å². The van der Waals surface area contributed by atoms with Crippen LogP contribution in [0.2, 0.25) is 0 Å². The Morgan fingerprint density at radius 3 is 1.65 bits per heavy atom. The van der Waals surface area contributed by atoms with Crippen LogP contribution in [0.15, 0.2) is 72.9 Å². The fourth-order valence-electron chi connectivity index (χ4n) is 5.34. The quantitative estimate of drug-likeness (QED) is 0.0177. The zero-order valence-electron chi connectivity index (χ0n) is 34.6. The van der Waals surface area contributed by atoms with E-state index in [-0.39, 0.29) is 25.0 Å². The lowest BCUT2D eigenvalue weighted by atomic mass is 10.1. The van der Waals surface area contributed by atoms with Gasteiger partial charge in [0.2, 0.25) is 0 Å². The maximum atomic E-state index is 12.6. The predicted molar refractivity (Wildman–Crippen MR) is 225 cm³/mol. The molecular formula is C44H72NO11P. The van der Waals surface area contributed by atoms with E-state index in [1.807, 2.05) is 12.2 Å². The smallest absolute Gasteiger partial charge is 0.472 e. The highest BCUT2D eigenvalue weighted by Gasteiger charge is 2.36. The highest BCUT2D eigenvalue weighted by atomic mass is 31.2. The van der Waals surface area contributed by atoms with Crippen molar-refractivity contribution in [2.45, 2.75) is 167 Å². The largest absolute Gasteiger partial charge is 0.480 e. The Morgan fingerprint density at radius 1 is 0.632 bits per heavy atom. The number of phosphoric acid groups is 1. The number of aliphatic carboxylic acids is 1. The minimum atomic E-state index is -4.75. The molecule has 57 heavy (non-hydrogen) atoms.